The highest BCUT2D eigenvalue weighted by molar-refractivity contribution is 6.33. The Morgan fingerprint density at radius 3 is 2.32 bits per heavy atom. The highest BCUT2D eigenvalue weighted by atomic mass is 35.5. The highest BCUT2D eigenvalue weighted by Gasteiger charge is 2.23. The van der Waals surface area contributed by atoms with E-state index in [9.17, 15) is 4.79 Å². The van der Waals surface area contributed by atoms with Gasteiger partial charge >= 0.3 is 5.97 Å². The molecule has 0 radical (unpaired) electrons. The minimum absolute atomic E-state index is 0.00455. The predicted octanol–water partition coefficient (Wildman–Crippen LogP) is 4.13. The van der Waals surface area contributed by atoms with Crippen molar-refractivity contribution >= 4 is 17.6 Å². The van der Waals surface area contributed by atoms with E-state index in [1.165, 1.54) is 6.07 Å². The summed E-state index contributed by atoms with van der Waals surface area (Å²) in [5.41, 5.74) is 0.753. The van der Waals surface area contributed by atoms with Crippen molar-refractivity contribution in [3.8, 4) is 11.5 Å². The van der Waals surface area contributed by atoms with Crippen molar-refractivity contribution in [2.45, 2.75) is 27.2 Å². The van der Waals surface area contributed by atoms with Gasteiger partial charge < -0.3 is 23.7 Å². The first kappa shape index (κ1) is 21.3. The lowest BCUT2D eigenvalue weighted by molar-refractivity contribution is 0.0171. The average Bonchev–Trinajstić information content (AvgIpc) is 2.59. The summed E-state index contributed by atoms with van der Waals surface area (Å²) in [6.07, 6.45) is 2.23. The molecule has 0 bridgehead atoms. The Hall–Kier alpha value is -1.76. The van der Waals surface area contributed by atoms with E-state index in [2.05, 4.69) is 6.58 Å². The molecule has 0 aliphatic rings. The zero-order valence-corrected chi connectivity index (χ0v) is 15.7. The van der Waals surface area contributed by atoms with Crippen molar-refractivity contribution in [2.75, 3.05) is 33.4 Å². The van der Waals surface area contributed by atoms with Crippen molar-refractivity contribution in [1.29, 1.82) is 0 Å². The Bertz CT molecular complexity index is 573. The van der Waals surface area contributed by atoms with Gasteiger partial charge in [-0.05, 0) is 32.8 Å². The monoisotopic (exact) mass is 372 g/mol. The number of halogens is 1. The van der Waals surface area contributed by atoms with E-state index in [1.807, 2.05) is 13.8 Å². The van der Waals surface area contributed by atoms with Crippen LogP contribution >= 0.6 is 11.6 Å². The van der Waals surface area contributed by atoms with E-state index in [-0.39, 0.29) is 31.5 Å². The Morgan fingerprint density at radius 1 is 1.16 bits per heavy atom. The van der Waals surface area contributed by atoms with E-state index < -0.39 is 5.97 Å². The summed E-state index contributed by atoms with van der Waals surface area (Å²) in [4.78, 5) is 12.4. The zero-order valence-electron chi connectivity index (χ0n) is 14.9. The third-order valence-electron chi connectivity index (χ3n) is 3.19. The van der Waals surface area contributed by atoms with Gasteiger partial charge in [-0.2, -0.15) is 0 Å². The summed E-state index contributed by atoms with van der Waals surface area (Å²) in [5, 5.41) is 0.305. The number of hydrogen-bond donors (Lipinski definition) is 0. The molecule has 6 nitrogen and oxygen atoms in total. The third kappa shape index (κ3) is 6.57. The van der Waals surface area contributed by atoms with Crippen molar-refractivity contribution in [2.24, 2.45) is 0 Å². The van der Waals surface area contributed by atoms with Crippen LogP contribution in [0.3, 0.4) is 0 Å². The summed E-state index contributed by atoms with van der Waals surface area (Å²) in [7, 11) is 0. The molecule has 7 heteroatoms. The molecule has 140 valence electrons. The molecule has 0 saturated carbocycles. The van der Waals surface area contributed by atoms with Crippen LogP contribution in [0.25, 0.3) is 0 Å². The second-order valence-corrected chi connectivity index (χ2v) is 5.29. The molecule has 1 aromatic carbocycles. The normalized spacial score (nSPS) is 10.4. The van der Waals surface area contributed by atoms with Gasteiger partial charge in [0.15, 0.2) is 13.6 Å². The van der Waals surface area contributed by atoms with E-state index in [0.29, 0.717) is 36.0 Å². The number of carbonyl (C=O) groups excluding carboxylic acids is 1. The largest absolute Gasteiger partial charge is 0.466 e. The molecular formula is C18H25ClO6. The van der Waals surface area contributed by atoms with Gasteiger partial charge in [-0.25, -0.2) is 4.79 Å². The molecular weight excluding hydrogens is 348 g/mol. The van der Waals surface area contributed by atoms with Gasteiger partial charge in [0.25, 0.3) is 0 Å². The van der Waals surface area contributed by atoms with E-state index >= 15 is 0 Å². The molecule has 1 rings (SSSR count). The second-order valence-electron chi connectivity index (χ2n) is 4.91. The van der Waals surface area contributed by atoms with Crippen LogP contribution in [-0.4, -0.2) is 39.4 Å². The van der Waals surface area contributed by atoms with Gasteiger partial charge in [-0.3, -0.25) is 0 Å². The maximum absolute atomic E-state index is 12.4. The van der Waals surface area contributed by atoms with Crippen molar-refractivity contribution in [1.82, 2.24) is 0 Å². The van der Waals surface area contributed by atoms with Gasteiger partial charge in [-0.1, -0.05) is 17.7 Å². The fraction of sp³-hybridized carbons (Fsp3) is 0.500. The molecule has 0 aliphatic heterocycles. The van der Waals surface area contributed by atoms with Crippen LogP contribution in [0.15, 0.2) is 18.7 Å². The number of benzene rings is 1. The Balaban J connectivity index is 3.10. The maximum atomic E-state index is 12.4. The van der Waals surface area contributed by atoms with Crippen molar-refractivity contribution < 1.29 is 28.5 Å². The molecule has 0 spiro atoms. The first-order chi connectivity index (χ1) is 12.1. The van der Waals surface area contributed by atoms with Gasteiger partial charge in [0.1, 0.15) is 17.1 Å². The second kappa shape index (κ2) is 11.7. The summed E-state index contributed by atoms with van der Waals surface area (Å²) >= 11 is 6.32. The Kier molecular flexibility index (Phi) is 9.99. The van der Waals surface area contributed by atoms with Crippen LogP contribution in [0.5, 0.6) is 11.5 Å². The van der Waals surface area contributed by atoms with Crippen molar-refractivity contribution in [3.63, 3.8) is 0 Å². The van der Waals surface area contributed by atoms with Crippen LogP contribution in [-0.2, 0) is 14.2 Å². The molecule has 25 heavy (non-hydrogen) atoms. The molecule has 0 atom stereocenters. The van der Waals surface area contributed by atoms with Gasteiger partial charge in [0.2, 0.25) is 0 Å². The number of ether oxygens (including phenoxy) is 5. The topological polar surface area (TPSA) is 63.2 Å². The Labute approximate surface area is 153 Å². The lowest BCUT2D eigenvalue weighted by atomic mass is 10.1. The van der Waals surface area contributed by atoms with Crippen LogP contribution in [0.4, 0.5) is 0 Å². The summed E-state index contributed by atoms with van der Waals surface area (Å²) in [6.45, 7) is 10.3. The van der Waals surface area contributed by atoms with Gasteiger partial charge in [-0.15, -0.1) is 6.58 Å². The quantitative estimate of drug-likeness (QED) is 0.238. The van der Waals surface area contributed by atoms with Gasteiger partial charge in [0, 0.05) is 19.3 Å². The lowest BCUT2D eigenvalue weighted by Crippen LogP contribution is -2.13. The molecule has 0 amide bonds. The fourth-order valence-corrected chi connectivity index (χ4v) is 2.09. The van der Waals surface area contributed by atoms with E-state index in [4.69, 9.17) is 35.3 Å². The maximum Gasteiger partial charge on any atom is 0.342 e. The summed E-state index contributed by atoms with van der Waals surface area (Å²) < 4.78 is 26.7. The summed E-state index contributed by atoms with van der Waals surface area (Å²) in [6, 6.07) is 1.54. The molecule has 0 fully saturated rings. The van der Waals surface area contributed by atoms with Gasteiger partial charge in [0.05, 0.1) is 11.6 Å². The average molecular weight is 373 g/mol. The van der Waals surface area contributed by atoms with Crippen LogP contribution < -0.4 is 9.47 Å². The molecule has 1 aromatic rings. The molecule has 0 unspecified atom stereocenters. The minimum Gasteiger partial charge on any atom is -0.466 e. The number of rotatable bonds is 12. The number of carbonyl (C=O) groups is 1. The number of esters is 1. The smallest absolute Gasteiger partial charge is 0.342 e. The molecule has 0 heterocycles. The van der Waals surface area contributed by atoms with E-state index in [0.717, 1.165) is 0 Å². The minimum atomic E-state index is -0.524. The molecule has 0 aliphatic carbocycles. The first-order valence-corrected chi connectivity index (χ1v) is 8.46. The molecule has 0 N–H and O–H groups in total. The van der Waals surface area contributed by atoms with Crippen LogP contribution in [0, 0.1) is 6.92 Å². The fourth-order valence-electron chi connectivity index (χ4n) is 1.89. The van der Waals surface area contributed by atoms with Crippen molar-refractivity contribution in [3.05, 3.63) is 34.9 Å². The first-order valence-electron chi connectivity index (χ1n) is 8.08. The number of hydrogen-bond acceptors (Lipinski definition) is 6. The predicted molar refractivity (Wildman–Crippen MR) is 95.5 cm³/mol. The Morgan fingerprint density at radius 2 is 1.76 bits per heavy atom. The SMILES string of the molecule is C=CCCOC(=O)c1c(OCOCC)cc(OCOCC)c(Cl)c1C. The lowest BCUT2D eigenvalue weighted by Gasteiger charge is -2.17. The van der Waals surface area contributed by atoms with Crippen LogP contribution in [0.2, 0.25) is 5.02 Å². The molecule has 0 saturated heterocycles. The standard InChI is InChI=1S/C18H25ClO6/c1-5-8-9-23-18(20)16-13(4)17(19)15(25-12-22-7-3)10-14(16)24-11-21-6-2/h5,10H,1,6-9,11-12H2,2-4H3. The highest BCUT2D eigenvalue weighted by Crippen LogP contribution is 2.37. The summed E-state index contributed by atoms with van der Waals surface area (Å²) in [5.74, 6) is 0.122. The third-order valence-corrected chi connectivity index (χ3v) is 3.66. The molecule has 0 aromatic heterocycles. The van der Waals surface area contributed by atoms with Crippen LogP contribution in [0.1, 0.15) is 36.2 Å². The van der Waals surface area contributed by atoms with E-state index in [1.54, 1.807) is 13.0 Å². The zero-order chi connectivity index (χ0) is 18.7.